The number of hydrogen-bond acceptors (Lipinski definition) is 3. The minimum Gasteiger partial charge on any atom is -0.492 e. The maximum absolute atomic E-state index is 5.64. The van der Waals surface area contributed by atoms with E-state index in [-0.39, 0.29) is 0 Å². The standard InChI is InChI=1S/C16H19BrN2O/c1-2-9-20-16-4-3-14(10-15(16)17)12-19-11-13-5-7-18-8-6-13/h3-8,10,19H,2,9,11-12H2,1H3. The van der Waals surface area contributed by atoms with Crippen LogP contribution in [0.15, 0.2) is 47.2 Å². The van der Waals surface area contributed by atoms with Crippen LogP contribution < -0.4 is 10.1 Å². The van der Waals surface area contributed by atoms with Gasteiger partial charge in [-0.2, -0.15) is 0 Å². The molecule has 0 aliphatic heterocycles. The molecule has 0 amide bonds. The Bertz CT molecular complexity index is 531. The molecule has 0 aliphatic rings. The SMILES string of the molecule is CCCOc1ccc(CNCc2ccncc2)cc1Br. The van der Waals surface area contributed by atoms with Gasteiger partial charge in [0.15, 0.2) is 0 Å². The van der Waals surface area contributed by atoms with Gasteiger partial charge in [-0.1, -0.05) is 13.0 Å². The molecule has 2 aromatic rings. The van der Waals surface area contributed by atoms with E-state index in [9.17, 15) is 0 Å². The predicted octanol–water partition coefficient (Wildman–Crippen LogP) is 3.92. The summed E-state index contributed by atoms with van der Waals surface area (Å²) in [5.41, 5.74) is 2.47. The molecule has 0 atom stereocenters. The molecule has 20 heavy (non-hydrogen) atoms. The summed E-state index contributed by atoms with van der Waals surface area (Å²) in [4.78, 5) is 4.01. The number of rotatable bonds is 7. The van der Waals surface area contributed by atoms with Crippen LogP contribution in [0.2, 0.25) is 0 Å². The lowest BCUT2D eigenvalue weighted by atomic mass is 10.2. The zero-order valence-corrected chi connectivity index (χ0v) is 13.2. The van der Waals surface area contributed by atoms with E-state index in [1.165, 1.54) is 11.1 Å². The second-order valence-corrected chi connectivity index (χ2v) is 5.43. The minimum absolute atomic E-state index is 0.748. The van der Waals surface area contributed by atoms with Gasteiger partial charge < -0.3 is 10.1 Å². The first-order chi connectivity index (χ1) is 9.79. The van der Waals surface area contributed by atoms with E-state index in [0.29, 0.717) is 0 Å². The summed E-state index contributed by atoms with van der Waals surface area (Å²) in [6.07, 6.45) is 4.64. The molecular weight excluding hydrogens is 316 g/mol. The fourth-order valence-corrected chi connectivity index (χ4v) is 2.38. The van der Waals surface area contributed by atoms with E-state index < -0.39 is 0 Å². The molecule has 0 saturated heterocycles. The summed E-state index contributed by atoms with van der Waals surface area (Å²) in [7, 11) is 0. The van der Waals surface area contributed by atoms with Crippen LogP contribution in [-0.4, -0.2) is 11.6 Å². The monoisotopic (exact) mass is 334 g/mol. The fraction of sp³-hybridized carbons (Fsp3) is 0.312. The van der Waals surface area contributed by atoms with Gasteiger partial charge in [0.2, 0.25) is 0 Å². The molecule has 0 spiro atoms. The first-order valence-corrected chi connectivity index (χ1v) is 7.59. The molecule has 1 aromatic carbocycles. The number of nitrogens with one attached hydrogen (secondary N) is 1. The molecular formula is C16H19BrN2O. The molecule has 0 saturated carbocycles. The van der Waals surface area contributed by atoms with E-state index in [4.69, 9.17) is 4.74 Å². The van der Waals surface area contributed by atoms with Gasteiger partial charge in [0.05, 0.1) is 11.1 Å². The third-order valence-electron chi connectivity index (χ3n) is 2.87. The summed E-state index contributed by atoms with van der Waals surface area (Å²) in [6.45, 7) is 4.52. The number of halogens is 1. The number of pyridine rings is 1. The smallest absolute Gasteiger partial charge is 0.133 e. The zero-order chi connectivity index (χ0) is 14.2. The Morgan fingerprint density at radius 2 is 1.85 bits per heavy atom. The van der Waals surface area contributed by atoms with Crippen molar-refractivity contribution >= 4 is 15.9 Å². The van der Waals surface area contributed by atoms with Gasteiger partial charge in [-0.3, -0.25) is 4.98 Å². The molecule has 0 fully saturated rings. The van der Waals surface area contributed by atoms with Crippen molar-refractivity contribution in [2.75, 3.05) is 6.61 Å². The van der Waals surface area contributed by atoms with Crippen molar-refractivity contribution in [2.24, 2.45) is 0 Å². The third-order valence-corrected chi connectivity index (χ3v) is 3.49. The van der Waals surface area contributed by atoms with Crippen LogP contribution in [0.1, 0.15) is 24.5 Å². The Hall–Kier alpha value is -1.39. The Labute approximate surface area is 128 Å². The number of hydrogen-bond donors (Lipinski definition) is 1. The van der Waals surface area contributed by atoms with Crippen LogP contribution in [0.4, 0.5) is 0 Å². The van der Waals surface area contributed by atoms with Crippen molar-refractivity contribution in [3.63, 3.8) is 0 Å². The van der Waals surface area contributed by atoms with Crippen molar-refractivity contribution < 1.29 is 4.74 Å². The molecule has 1 aromatic heterocycles. The van der Waals surface area contributed by atoms with E-state index in [2.05, 4.69) is 45.3 Å². The highest BCUT2D eigenvalue weighted by molar-refractivity contribution is 9.10. The number of ether oxygens (including phenoxy) is 1. The van der Waals surface area contributed by atoms with Gasteiger partial charge in [0, 0.05) is 25.5 Å². The van der Waals surface area contributed by atoms with E-state index in [0.717, 1.165) is 36.3 Å². The van der Waals surface area contributed by atoms with E-state index >= 15 is 0 Å². The first-order valence-electron chi connectivity index (χ1n) is 6.80. The quantitative estimate of drug-likeness (QED) is 0.833. The third kappa shape index (κ3) is 4.62. The molecule has 106 valence electrons. The lowest BCUT2D eigenvalue weighted by Gasteiger charge is -2.10. The van der Waals surface area contributed by atoms with Gasteiger partial charge in [-0.05, 0) is 57.7 Å². The summed E-state index contributed by atoms with van der Waals surface area (Å²) in [5, 5.41) is 3.42. The predicted molar refractivity (Wildman–Crippen MR) is 84.7 cm³/mol. The topological polar surface area (TPSA) is 34.1 Å². The van der Waals surface area contributed by atoms with Gasteiger partial charge >= 0.3 is 0 Å². The fourth-order valence-electron chi connectivity index (χ4n) is 1.84. The summed E-state index contributed by atoms with van der Waals surface area (Å²) >= 11 is 3.55. The largest absolute Gasteiger partial charge is 0.492 e. The van der Waals surface area contributed by atoms with Crippen LogP contribution in [0.25, 0.3) is 0 Å². The maximum Gasteiger partial charge on any atom is 0.133 e. The normalized spacial score (nSPS) is 10.5. The van der Waals surface area contributed by atoms with Gasteiger partial charge in [0.25, 0.3) is 0 Å². The van der Waals surface area contributed by atoms with Crippen LogP contribution in [0.3, 0.4) is 0 Å². The highest BCUT2D eigenvalue weighted by atomic mass is 79.9. The van der Waals surface area contributed by atoms with E-state index in [1.807, 2.05) is 30.6 Å². The second kappa shape index (κ2) is 8.02. The molecule has 0 unspecified atom stereocenters. The summed E-state index contributed by atoms with van der Waals surface area (Å²) < 4.78 is 6.65. The minimum atomic E-state index is 0.748. The molecule has 0 aliphatic carbocycles. The Morgan fingerprint density at radius 1 is 1.10 bits per heavy atom. The van der Waals surface area contributed by atoms with Crippen molar-refractivity contribution in [2.45, 2.75) is 26.4 Å². The Morgan fingerprint density at radius 3 is 2.55 bits per heavy atom. The summed E-state index contributed by atoms with van der Waals surface area (Å²) in [6, 6.07) is 10.2. The molecule has 3 nitrogen and oxygen atoms in total. The van der Waals surface area contributed by atoms with Gasteiger partial charge in [-0.25, -0.2) is 0 Å². The molecule has 0 bridgehead atoms. The molecule has 1 N–H and O–H groups in total. The Balaban J connectivity index is 1.85. The second-order valence-electron chi connectivity index (χ2n) is 4.57. The van der Waals surface area contributed by atoms with Crippen LogP contribution in [-0.2, 0) is 13.1 Å². The average molecular weight is 335 g/mol. The van der Waals surface area contributed by atoms with Crippen molar-refractivity contribution in [1.82, 2.24) is 10.3 Å². The maximum atomic E-state index is 5.64. The highest BCUT2D eigenvalue weighted by Crippen LogP contribution is 2.26. The lowest BCUT2D eigenvalue weighted by molar-refractivity contribution is 0.315. The van der Waals surface area contributed by atoms with Crippen LogP contribution in [0.5, 0.6) is 5.75 Å². The highest BCUT2D eigenvalue weighted by Gasteiger charge is 2.02. The number of benzene rings is 1. The van der Waals surface area contributed by atoms with Crippen molar-refractivity contribution in [3.05, 3.63) is 58.3 Å². The van der Waals surface area contributed by atoms with Crippen molar-refractivity contribution in [3.8, 4) is 5.75 Å². The van der Waals surface area contributed by atoms with Crippen molar-refractivity contribution in [1.29, 1.82) is 0 Å². The lowest BCUT2D eigenvalue weighted by Crippen LogP contribution is -2.12. The average Bonchev–Trinajstić information content (AvgIpc) is 2.47. The van der Waals surface area contributed by atoms with Crippen LogP contribution in [0, 0.1) is 0 Å². The van der Waals surface area contributed by atoms with Crippen LogP contribution >= 0.6 is 15.9 Å². The Kier molecular flexibility index (Phi) is 6.02. The number of nitrogens with zero attached hydrogens (tertiary/aromatic N) is 1. The molecule has 0 radical (unpaired) electrons. The summed E-state index contributed by atoms with van der Waals surface area (Å²) in [5.74, 6) is 0.907. The molecule has 4 heteroatoms. The molecule has 2 rings (SSSR count). The van der Waals surface area contributed by atoms with E-state index in [1.54, 1.807) is 0 Å². The zero-order valence-electron chi connectivity index (χ0n) is 11.6. The van der Waals surface area contributed by atoms with Gasteiger partial charge in [-0.15, -0.1) is 0 Å². The first kappa shape index (κ1) is 15.0. The number of aromatic nitrogens is 1. The molecule has 1 heterocycles. The van der Waals surface area contributed by atoms with Gasteiger partial charge in [0.1, 0.15) is 5.75 Å².